The fourth-order valence-electron chi connectivity index (χ4n) is 4.69. The summed E-state index contributed by atoms with van der Waals surface area (Å²) in [5, 5.41) is 1.12. The van der Waals surface area contributed by atoms with E-state index < -0.39 is 0 Å². The van der Waals surface area contributed by atoms with Gasteiger partial charge in [-0.05, 0) is 54.3 Å². The van der Waals surface area contributed by atoms with Gasteiger partial charge in [0.2, 0.25) is 5.91 Å². The number of pyridine rings is 1. The highest BCUT2D eigenvalue weighted by Crippen LogP contribution is 2.32. The summed E-state index contributed by atoms with van der Waals surface area (Å²) in [5.74, 6) is 1.01. The maximum Gasteiger partial charge on any atom is 0.227 e. The van der Waals surface area contributed by atoms with Gasteiger partial charge in [-0.1, -0.05) is 36.4 Å². The van der Waals surface area contributed by atoms with Crippen LogP contribution in [0.25, 0.3) is 10.9 Å². The molecule has 5 nitrogen and oxygen atoms in total. The third-order valence-electron chi connectivity index (χ3n) is 6.28. The molecule has 1 aliphatic rings. The second-order valence-corrected chi connectivity index (χ2v) is 8.36. The number of methoxy groups -OCH3 is 1. The van der Waals surface area contributed by atoms with Crippen LogP contribution in [0.5, 0.6) is 5.75 Å². The van der Waals surface area contributed by atoms with E-state index in [4.69, 9.17) is 9.72 Å². The van der Waals surface area contributed by atoms with E-state index >= 15 is 0 Å². The Balaban J connectivity index is 1.33. The molecule has 0 spiro atoms. The molecule has 1 saturated heterocycles. The number of para-hydroxylation sites is 1. The number of ether oxygens (including phenoxy) is 1. The van der Waals surface area contributed by atoms with Gasteiger partial charge in [-0.15, -0.1) is 0 Å². The van der Waals surface area contributed by atoms with Gasteiger partial charge < -0.3 is 14.6 Å². The molecule has 162 valence electrons. The van der Waals surface area contributed by atoms with Crippen molar-refractivity contribution in [2.75, 3.05) is 13.7 Å². The fraction of sp³-hybridized carbons (Fsp3) is 0.259. The first-order chi connectivity index (χ1) is 15.7. The molecule has 1 amide bonds. The Kier molecular flexibility index (Phi) is 5.63. The number of nitrogens with one attached hydrogen (secondary N) is 1. The zero-order chi connectivity index (χ0) is 21.9. The van der Waals surface area contributed by atoms with Crippen LogP contribution in [0, 0.1) is 0 Å². The number of rotatable bonds is 6. The van der Waals surface area contributed by atoms with Gasteiger partial charge in [0, 0.05) is 35.8 Å². The standard InChI is InChI=1S/C27H27N3O2/c1-32-22-9-4-7-19(16-22)15-21-8-5-12-25(29-21)26-13-6-14-30(26)27(31)17-20-18-28-24-11-3-2-10-23(20)24/h2-5,7-12,16,18,26,28H,6,13-15,17H2,1H3. The van der Waals surface area contributed by atoms with Crippen molar-refractivity contribution in [2.24, 2.45) is 0 Å². The van der Waals surface area contributed by atoms with E-state index in [1.807, 2.05) is 47.5 Å². The van der Waals surface area contributed by atoms with Crippen LogP contribution >= 0.6 is 0 Å². The van der Waals surface area contributed by atoms with Crippen molar-refractivity contribution in [2.45, 2.75) is 31.7 Å². The molecule has 3 heterocycles. The minimum Gasteiger partial charge on any atom is -0.497 e. The largest absolute Gasteiger partial charge is 0.497 e. The van der Waals surface area contributed by atoms with E-state index in [0.717, 1.165) is 65.0 Å². The quantitative estimate of drug-likeness (QED) is 0.469. The van der Waals surface area contributed by atoms with Crippen LogP contribution in [0.15, 0.2) is 72.9 Å². The lowest BCUT2D eigenvalue weighted by molar-refractivity contribution is -0.131. The summed E-state index contributed by atoms with van der Waals surface area (Å²) in [6, 6.07) is 22.4. The zero-order valence-electron chi connectivity index (χ0n) is 18.3. The third-order valence-corrected chi connectivity index (χ3v) is 6.28. The Morgan fingerprint density at radius 2 is 2.00 bits per heavy atom. The van der Waals surface area contributed by atoms with Crippen LogP contribution in [0.1, 0.15) is 41.4 Å². The molecular formula is C27H27N3O2. The first kappa shape index (κ1) is 20.3. The summed E-state index contributed by atoms with van der Waals surface area (Å²) < 4.78 is 5.34. The molecule has 1 fully saturated rings. The molecule has 1 aliphatic heterocycles. The Bertz CT molecular complexity index is 1250. The summed E-state index contributed by atoms with van der Waals surface area (Å²) in [5.41, 5.74) is 5.27. The second kappa shape index (κ2) is 8.87. The van der Waals surface area contributed by atoms with Gasteiger partial charge in [0.05, 0.1) is 25.3 Å². The number of likely N-dealkylation sites (tertiary alicyclic amines) is 1. The molecule has 5 rings (SSSR count). The maximum atomic E-state index is 13.3. The molecule has 2 aromatic carbocycles. The number of hydrogen-bond donors (Lipinski definition) is 1. The lowest BCUT2D eigenvalue weighted by Crippen LogP contribution is -2.32. The van der Waals surface area contributed by atoms with Crippen LogP contribution in [0.2, 0.25) is 0 Å². The lowest BCUT2D eigenvalue weighted by Gasteiger charge is -2.25. The molecule has 4 aromatic rings. The number of H-pyrrole nitrogens is 1. The smallest absolute Gasteiger partial charge is 0.227 e. The summed E-state index contributed by atoms with van der Waals surface area (Å²) in [6.07, 6.45) is 5.06. The predicted molar refractivity (Wildman–Crippen MR) is 126 cm³/mol. The van der Waals surface area contributed by atoms with Crippen molar-refractivity contribution < 1.29 is 9.53 Å². The molecule has 5 heteroatoms. The molecule has 32 heavy (non-hydrogen) atoms. The van der Waals surface area contributed by atoms with Crippen LogP contribution in [-0.2, 0) is 17.6 Å². The molecule has 1 atom stereocenters. The Morgan fingerprint density at radius 3 is 2.91 bits per heavy atom. The van der Waals surface area contributed by atoms with Crippen LogP contribution in [0.3, 0.4) is 0 Å². The minimum atomic E-state index is 0.0398. The number of hydrogen-bond acceptors (Lipinski definition) is 3. The SMILES string of the molecule is COc1cccc(Cc2cccc(C3CCCN3C(=O)Cc3c[nH]c4ccccc34)n2)c1. The van der Waals surface area contributed by atoms with E-state index in [1.165, 1.54) is 0 Å². The normalized spacial score (nSPS) is 15.9. The van der Waals surface area contributed by atoms with Crippen LogP contribution in [-0.4, -0.2) is 34.4 Å². The summed E-state index contributed by atoms with van der Waals surface area (Å²) in [7, 11) is 1.68. The van der Waals surface area contributed by atoms with Crippen molar-refractivity contribution in [3.63, 3.8) is 0 Å². The van der Waals surface area contributed by atoms with E-state index in [9.17, 15) is 4.79 Å². The summed E-state index contributed by atoms with van der Waals surface area (Å²) >= 11 is 0. The monoisotopic (exact) mass is 425 g/mol. The first-order valence-corrected chi connectivity index (χ1v) is 11.1. The van der Waals surface area contributed by atoms with E-state index in [1.54, 1.807) is 7.11 Å². The minimum absolute atomic E-state index is 0.0398. The molecule has 1 unspecified atom stereocenters. The Morgan fingerprint density at radius 1 is 1.12 bits per heavy atom. The van der Waals surface area contributed by atoms with Gasteiger partial charge in [0.25, 0.3) is 0 Å². The van der Waals surface area contributed by atoms with Crippen molar-refractivity contribution in [1.29, 1.82) is 0 Å². The maximum absolute atomic E-state index is 13.3. The lowest BCUT2D eigenvalue weighted by atomic mass is 10.1. The van der Waals surface area contributed by atoms with Gasteiger partial charge in [-0.3, -0.25) is 9.78 Å². The number of aromatic nitrogens is 2. The topological polar surface area (TPSA) is 58.2 Å². The van der Waals surface area contributed by atoms with E-state index in [2.05, 4.69) is 35.3 Å². The number of carbonyl (C=O) groups is 1. The first-order valence-electron chi connectivity index (χ1n) is 11.1. The number of fused-ring (bicyclic) bond motifs is 1. The number of amides is 1. The average molecular weight is 426 g/mol. The van der Waals surface area contributed by atoms with Crippen molar-refractivity contribution in [1.82, 2.24) is 14.9 Å². The van der Waals surface area contributed by atoms with Gasteiger partial charge in [-0.2, -0.15) is 0 Å². The van der Waals surface area contributed by atoms with Crippen LogP contribution in [0.4, 0.5) is 0 Å². The Hall–Kier alpha value is -3.60. The van der Waals surface area contributed by atoms with Gasteiger partial charge in [0.1, 0.15) is 5.75 Å². The third kappa shape index (κ3) is 4.11. The number of carbonyl (C=O) groups excluding carboxylic acids is 1. The number of nitrogens with zero attached hydrogens (tertiary/aromatic N) is 2. The molecule has 1 N–H and O–H groups in total. The van der Waals surface area contributed by atoms with Crippen molar-refractivity contribution in [3.8, 4) is 5.75 Å². The fourth-order valence-corrected chi connectivity index (χ4v) is 4.69. The van der Waals surface area contributed by atoms with Gasteiger partial charge in [-0.25, -0.2) is 0 Å². The molecule has 0 aliphatic carbocycles. The van der Waals surface area contributed by atoms with Crippen molar-refractivity contribution >= 4 is 16.8 Å². The van der Waals surface area contributed by atoms with Gasteiger partial charge in [0.15, 0.2) is 0 Å². The molecule has 0 saturated carbocycles. The van der Waals surface area contributed by atoms with Crippen LogP contribution < -0.4 is 4.74 Å². The van der Waals surface area contributed by atoms with E-state index in [0.29, 0.717) is 6.42 Å². The second-order valence-electron chi connectivity index (χ2n) is 8.36. The van der Waals surface area contributed by atoms with E-state index in [-0.39, 0.29) is 11.9 Å². The molecule has 0 bridgehead atoms. The molecule has 0 radical (unpaired) electrons. The average Bonchev–Trinajstić information content (AvgIpc) is 3.47. The zero-order valence-corrected chi connectivity index (χ0v) is 18.3. The summed E-state index contributed by atoms with van der Waals surface area (Å²) in [4.78, 5) is 23.5. The predicted octanol–water partition coefficient (Wildman–Crippen LogP) is 5.07. The molecule has 2 aromatic heterocycles. The molecular weight excluding hydrogens is 398 g/mol. The number of aromatic amines is 1. The highest BCUT2D eigenvalue weighted by molar-refractivity contribution is 5.89. The Labute approximate surface area is 188 Å². The highest BCUT2D eigenvalue weighted by atomic mass is 16.5. The van der Waals surface area contributed by atoms with Gasteiger partial charge >= 0.3 is 0 Å². The van der Waals surface area contributed by atoms with Crippen molar-refractivity contribution in [3.05, 3.63) is 95.4 Å². The summed E-state index contributed by atoms with van der Waals surface area (Å²) in [6.45, 7) is 0.785. The highest BCUT2D eigenvalue weighted by Gasteiger charge is 2.31. The number of benzene rings is 2.